The maximum absolute atomic E-state index is 13.4. The van der Waals surface area contributed by atoms with Gasteiger partial charge in [0.05, 0.1) is 0 Å². The van der Waals surface area contributed by atoms with Gasteiger partial charge in [-0.3, -0.25) is 23.9 Å². The Morgan fingerprint density at radius 3 is 1.64 bits per heavy atom. The molecule has 1 aromatic heterocycles. The summed E-state index contributed by atoms with van der Waals surface area (Å²) in [6.07, 6.45) is 19.3. The number of nitrogens with one attached hydrogen (secondary N) is 1. The van der Waals surface area contributed by atoms with E-state index < -0.39 is 47.9 Å². The number of hydrogen-bond donors (Lipinski definition) is 3. The molecule has 0 amide bonds. The van der Waals surface area contributed by atoms with Crippen molar-refractivity contribution >= 4 is 11.8 Å². The Morgan fingerprint density at radius 2 is 1.17 bits per heavy atom. The minimum atomic E-state index is -1.58. The maximum atomic E-state index is 13.4. The first-order chi connectivity index (χ1) is 22.8. The van der Waals surface area contributed by atoms with Gasteiger partial charge in [0.15, 0.2) is 18.1 Å². The van der Waals surface area contributed by atoms with E-state index in [4.69, 9.17) is 9.47 Å². The third-order valence-corrected chi connectivity index (χ3v) is 9.29. The summed E-state index contributed by atoms with van der Waals surface area (Å²) in [7, 11) is 0. The molecule has 270 valence electrons. The van der Waals surface area contributed by atoms with Crippen molar-refractivity contribution in [2.45, 2.75) is 199 Å². The molecular formula is C37H64N2O8. The smallest absolute Gasteiger partial charge is 0.330 e. The van der Waals surface area contributed by atoms with Gasteiger partial charge in [0, 0.05) is 25.1 Å². The number of aromatic nitrogens is 2. The number of nitrogens with zero attached hydrogens (tertiary/aromatic N) is 1. The van der Waals surface area contributed by atoms with E-state index in [1.54, 1.807) is 0 Å². The lowest BCUT2D eigenvalue weighted by Gasteiger charge is -2.25. The molecule has 10 nitrogen and oxygen atoms in total. The van der Waals surface area contributed by atoms with Gasteiger partial charge in [-0.25, -0.2) is 4.79 Å². The Morgan fingerprint density at radius 1 is 0.723 bits per heavy atom. The number of esters is 1. The lowest BCUT2D eigenvalue weighted by molar-refractivity contribution is -0.169. The minimum Gasteiger partial charge on any atom is -0.451 e. The maximum Gasteiger partial charge on any atom is 0.330 e. The lowest BCUT2D eigenvalue weighted by atomic mass is 9.98. The van der Waals surface area contributed by atoms with Gasteiger partial charge in [0.2, 0.25) is 0 Å². The number of aliphatic hydroxyl groups is 2. The van der Waals surface area contributed by atoms with Crippen LogP contribution in [0.4, 0.5) is 0 Å². The zero-order valence-corrected chi connectivity index (χ0v) is 29.3. The van der Waals surface area contributed by atoms with Gasteiger partial charge in [0.1, 0.15) is 18.3 Å². The van der Waals surface area contributed by atoms with Gasteiger partial charge < -0.3 is 19.7 Å². The zero-order chi connectivity index (χ0) is 34.3. The highest BCUT2D eigenvalue weighted by Gasteiger charge is 2.50. The van der Waals surface area contributed by atoms with Crippen LogP contribution in [0.2, 0.25) is 0 Å². The second kappa shape index (κ2) is 24.8. The average Bonchev–Trinajstić information content (AvgIpc) is 3.34. The van der Waals surface area contributed by atoms with Crippen LogP contribution < -0.4 is 11.2 Å². The standard InChI is InChI=1S/C37H64N2O8/c1-3-5-7-9-11-13-15-17-19-21-23-25-29(40)34(46-31(42)26-24-22-20-18-16-14-12-10-8-6-4-2)35-32(43)33(44)36(47-35)39-28-27-30(41)38-37(39)45/h27-28,32-36,43-44H,3-26H2,1-2H3,(H,38,41,45)/t32-,33+,34?,35-,36+/m0/s1. The average molecular weight is 665 g/mol. The van der Waals surface area contributed by atoms with Crippen LogP contribution in [0, 0.1) is 0 Å². The van der Waals surface area contributed by atoms with Crippen LogP contribution in [0.25, 0.3) is 0 Å². The normalized spacial score (nSPS) is 20.0. The summed E-state index contributed by atoms with van der Waals surface area (Å²) < 4.78 is 12.5. The Kier molecular flexibility index (Phi) is 21.6. The molecule has 5 atom stereocenters. The van der Waals surface area contributed by atoms with Gasteiger partial charge in [0.25, 0.3) is 5.56 Å². The van der Waals surface area contributed by atoms with Crippen LogP contribution in [0.1, 0.15) is 174 Å². The monoisotopic (exact) mass is 664 g/mol. The number of hydrogen-bond acceptors (Lipinski definition) is 8. The van der Waals surface area contributed by atoms with Crippen molar-refractivity contribution in [3.05, 3.63) is 33.1 Å². The molecule has 0 aliphatic carbocycles. The van der Waals surface area contributed by atoms with Gasteiger partial charge >= 0.3 is 11.7 Å². The SMILES string of the molecule is CCCCCCCCCCCCCC(=O)OC(C(=O)CCCCCCCCCCCCC)[C@H]1O[C@@H](n2ccc(=O)[nH]c2=O)[C@H](O)[C@@H]1O. The highest BCUT2D eigenvalue weighted by atomic mass is 16.6. The Balaban J connectivity index is 1.87. The number of H-pyrrole nitrogens is 1. The predicted octanol–water partition coefficient (Wildman–Crippen LogP) is 7.04. The number of carbonyl (C=O) groups excluding carboxylic acids is 2. The molecule has 1 aliphatic heterocycles. The highest BCUT2D eigenvalue weighted by molar-refractivity contribution is 5.86. The van der Waals surface area contributed by atoms with E-state index in [0.717, 1.165) is 55.4 Å². The van der Waals surface area contributed by atoms with Crippen LogP contribution in [-0.2, 0) is 19.1 Å². The molecular weight excluding hydrogens is 600 g/mol. The minimum absolute atomic E-state index is 0.146. The molecule has 3 N–H and O–H groups in total. The first-order valence-electron chi connectivity index (χ1n) is 18.8. The van der Waals surface area contributed by atoms with Crippen LogP contribution in [-0.4, -0.2) is 55.9 Å². The van der Waals surface area contributed by atoms with Crippen LogP contribution >= 0.6 is 0 Å². The summed E-state index contributed by atoms with van der Waals surface area (Å²) in [6.45, 7) is 4.44. The van der Waals surface area contributed by atoms with Gasteiger partial charge in [-0.05, 0) is 12.8 Å². The van der Waals surface area contributed by atoms with E-state index in [9.17, 15) is 29.4 Å². The quantitative estimate of drug-likeness (QED) is 0.0638. The summed E-state index contributed by atoms with van der Waals surface area (Å²) in [5, 5.41) is 21.7. The van der Waals surface area contributed by atoms with Gasteiger partial charge in [-0.2, -0.15) is 0 Å². The number of ether oxygens (including phenoxy) is 2. The van der Waals surface area contributed by atoms with Gasteiger partial charge in [-0.1, -0.05) is 142 Å². The molecule has 2 rings (SSSR count). The first kappa shape index (κ1) is 40.9. The molecule has 1 unspecified atom stereocenters. The number of rotatable bonds is 28. The van der Waals surface area contributed by atoms with Crippen molar-refractivity contribution in [2.75, 3.05) is 0 Å². The van der Waals surface area contributed by atoms with Crippen LogP contribution in [0.15, 0.2) is 21.9 Å². The molecule has 0 bridgehead atoms. The Hall–Kier alpha value is -2.30. The van der Waals surface area contributed by atoms with E-state index >= 15 is 0 Å². The number of ketones is 1. The van der Waals surface area contributed by atoms with Crippen molar-refractivity contribution in [2.24, 2.45) is 0 Å². The van der Waals surface area contributed by atoms with Crippen LogP contribution in [0.5, 0.6) is 0 Å². The van der Waals surface area contributed by atoms with Crippen molar-refractivity contribution in [1.29, 1.82) is 0 Å². The first-order valence-corrected chi connectivity index (χ1v) is 18.8. The third-order valence-electron chi connectivity index (χ3n) is 9.29. The van der Waals surface area contributed by atoms with E-state index in [2.05, 4.69) is 18.8 Å². The number of unbranched alkanes of at least 4 members (excludes halogenated alkanes) is 20. The fourth-order valence-electron chi connectivity index (χ4n) is 6.35. The van der Waals surface area contributed by atoms with Crippen LogP contribution in [0.3, 0.4) is 0 Å². The van der Waals surface area contributed by atoms with E-state index in [1.165, 1.54) is 89.9 Å². The molecule has 1 fully saturated rings. The van der Waals surface area contributed by atoms with E-state index in [1.807, 2.05) is 0 Å². The summed E-state index contributed by atoms with van der Waals surface area (Å²) in [6, 6.07) is 1.10. The van der Waals surface area contributed by atoms with Crippen molar-refractivity contribution in [3.8, 4) is 0 Å². The molecule has 2 heterocycles. The molecule has 0 spiro atoms. The second-order valence-corrected chi connectivity index (χ2v) is 13.4. The highest BCUT2D eigenvalue weighted by Crippen LogP contribution is 2.32. The molecule has 10 heteroatoms. The third kappa shape index (κ3) is 16.1. The molecule has 1 aromatic rings. The number of aliphatic hydroxyl groups excluding tert-OH is 2. The molecule has 47 heavy (non-hydrogen) atoms. The Labute approximate surface area is 282 Å². The largest absolute Gasteiger partial charge is 0.451 e. The summed E-state index contributed by atoms with van der Waals surface area (Å²) in [5.41, 5.74) is -1.45. The molecule has 1 saturated heterocycles. The summed E-state index contributed by atoms with van der Waals surface area (Å²) in [5.74, 6) is -0.924. The molecule has 0 aromatic carbocycles. The lowest BCUT2D eigenvalue weighted by Crippen LogP contribution is -2.45. The molecule has 0 radical (unpaired) electrons. The zero-order valence-electron chi connectivity index (χ0n) is 29.3. The van der Waals surface area contributed by atoms with Crippen molar-refractivity contribution in [3.63, 3.8) is 0 Å². The van der Waals surface area contributed by atoms with Crippen molar-refractivity contribution < 1.29 is 29.3 Å². The fraction of sp³-hybridized carbons (Fsp3) is 0.838. The number of carbonyl (C=O) groups is 2. The van der Waals surface area contributed by atoms with Crippen molar-refractivity contribution in [1.82, 2.24) is 9.55 Å². The second-order valence-electron chi connectivity index (χ2n) is 13.4. The Bertz CT molecular complexity index is 1100. The van der Waals surface area contributed by atoms with Gasteiger partial charge in [-0.15, -0.1) is 0 Å². The van der Waals surface area contributed by atoms with E-state index in [-0.39, 0.29) is 18.6 Å². The molecule has 0 saturated carbocycles. The summed E-state index contributed by atoms with van der Waals surface area (Å²) >= 11 is 0. The van der Waals surface area contributed by atoms with E-state index in [0.29, 0.717) is 12.8 Å². The topological polar surface area (TPSA) is 148 Å². The summed E-state index contributed by atoms with van der Waals surface area (Å²) in [4.78, 5) is 52.3. The number of Topliss-reactive ketones (excluding diaryl/α,β-unsaturated/α-hetero) is 1. The fourth-order valence-corrected chi connectivity index (χ4v) is 6.35. The molecule has 1 aliphatic rings. The number of aromatic amines is 1. The predicted molar refractivity (Wildman–Crippen MR) is 184 cm³/mol.